The molecule has 0 nitrogen and oxygen atoms in total. The smallest absolute Gasteiger partial charge is 0 e. The largest absolute Gasteiger partial charge is 0.0971 e. The molecule has 0 N–H and O–H groups in total. The first kappa shape index (κ1) is 14.3. The van der Waals surface area contributed by atoms with Gasteiger partial charge in [0.2, 0.25) is 0 Å². The Balaban J connectivity index is 0.00000108. The number of hydrogen-bond acceptors (Lipinski definition) is 0. The van der Waals surface area contributed by atoms with Gasteiger partial charge in [-0.3, -0.25) is 0 Å². The molecule has 17 heavy (non-hydrogen) atoms. The second kappa shape index (κ2) is 6.91. The molecule has 3 rings (SSSR count). The molecule has 3 fully saturated rings. The summed E-state index contributed by atoms with van der Waals surface area (Å²) in [5.74, 6) is 0. The van der Waals surface area contributed by atoms with E-state index >= 15 is 0 Å². The molecule has 3 saturated carbocycles. The van der Waals surface area contributed by atoms with E-state index < -0.39 is 0 Å². The van der Waals surface area contributed by atoms with E-state index in [0.717, 1.165) is 0 Å². The predicted molar refractivity (Wildman–Crippen MR) is 73.7 cm³/mol. The Bertz CT molecular complexity index is 175. The van der Waals surface area contributed by atoms with Gasteiger partial charge in [-0.2, -0.15) is 0 Å². The molecule has 102 valence electrons. The van der Waals surface area contributed by atoms with Crippen LogP contribution in [-0.2, 0) is 16.5 Å². The normalized spacial score (nSPS) is 28.1. The van der Waals surface area contributed by atoms with Gasteiger partial charge in [0.05, 0.1) is 0 Å². The predicted octanol–water partition coefficient (Wildman–Crippen LogP) is 5.29. The van der Waals surface area contributed by atoms with Crippen LogP contribution in [0.5, 0.6) is 0 Å². The van der Waals surface area contributed by atoms with E-state index in [1.807, 2.05) is 0 Å². The molecule has 0 bridgehead atoms. The van der Waals surface area contributed by atoms with Crippen molar-refractivity contribution >= 4 is 7.92 Å². The maximum atomic E-state index is 1.61. The summed E-state index contributed by atoms with van der Waals surface area (Å²) in [6.45, 7) is 0. The summed E-state index contributed by atoms with van der Waals surface area (Å²) in [5, 5.41) is 0. The van der Waals surface area contributed by atoms with Crippen LogP contribution >= 0.6 is 7.92 Å². The van der Waals surface area contributed by atoms with Crippen LogP contribution < -0.4 is 0 Å². The number of rotatable bonds is 3. The van der Waals surface area contributed by atoms with E-state index in [9.17, 15) is 0 Å². The molecule has 2 heteroatoms. The Kier molecular flexibility index (Phi) is 5.83. The summed E-state index contributed by atoms with van der Waals surface area (Å²) in [7, 11) is 0.436. The fourth-order valence-electron chi connectivity index (χ4n) is 4.50. The molecule has 0 aromatic heterocycles. The standard InChI is InChI=1S/C15H27P.Ni/c1-2-8-13(7-1)16(14-9-3-4-10-14)15-11-5-6-12-15;/h13-15H,1-12H2;. The molecule has 0 aromatic rings. The van der Waals surface area contributed by atoms with Crippen LogP contribution in [0.3, 0.4) is 0 Å². The monoisotopic (exact) mass is 296 g/mol. The van der Waals surface area contributed by atoms with Crippen LogP contribution in [0.25, 0.3) is 0 Å². The van der Waals surface area contributed by atoms with Gasteiger partial charge in [0.25, 0.3) is 0 Å². The average molecular weight is 297 g/mol. The Morgan fingerprint density at radius 2 is 0.706 bits per heavy atom. The van der Waals surface area contributed by atoms with Gasteiger partial charge in [0.1, 0.15) is 0 Å². The van der Waals surface area contributed by atoms with Gasteiger partial charge in [0.15, 0.2) is 0 Å². The van der Waals surface area contributed by atoms with Gasteiger partial charge in [-0.05, 0) is 55.5 Å². The van der Waals surface area contributed by atoms with Crippen LogP contribution in [0.1, 0.15) is 77.0 Å². The van der Waals surface area contributed by atoms with E-state index in [1.54, 1.807) is 77.0 Å². The number of hydrogen-bond donors (Lipinski definition) is 0. The molecule has 0 atom stereocenters. The first-order valence-electron chi connectivity index (χ1n) is 7.72. The molecule has 0 aliphatic heterocycles. The topological polar surface area (TPSA) is 0 Å². The third-order valence-corrected chi connectivity index (χ3v) is 9.32. The summed E-state index contributed by atoms with van der Waals surface area (Å²) in [6.07, 6.45) is 19.0. The molecule has 0 aromatic carbocycles. The van der Waals surface area contributed by atoms with Crippen molar-refractivity contribution in [3.8, 4) is 0 Å². The van der Waals surface area contributed by atoms with Gasteiger partial charge >= 0.3 is 0 Å². The Hall–Kier alpha value is 0.924. The summed E-state index contributed by atoms with van der Waals surface area (Å²) < 4.78 is 0. The SMILES string of the molecule is C1CCC(P(C2CCCC2)C2CCCC2)C1.[Ni]. The van der Waals surface area contributed by atoms with Crippen LogP contribution in [0.2, 0.25) is 0 Å². The molecule has 0 spiro atoms. The van der Waals surface area contributed by atoms with Crippen molar-refractivity contribution in [2.45, 2.75) is 94.0 Å². The zero-order valence-corrected chi connectivity index (χ0v) is 12.9. The summed E-state index contributed by atoms with van der Waals surface area (Å²) in [6, 6.07) is 0. The van der Waals surface area contributed by atoms with Crippen molar-refractivity contribution in [3.05, 3.63) is 0 Å². The molecule has 0 radical (unpaired) electrons. The van der Waals surface area contributed by atoms with Crippen molar-refractivity contribution in [3.63, 3.8) is 0 Å². The molecular weight excluding hydrogens is 270 g/mol. The third kappa shape index (κ3) is 3.28. The zero-order chi connectivity index (χ0) is 10.8. The molecule has 3 aliphatic rings. The first-order chi connectivity index (χ1) is 7.95. The van der Waals surface area contributed by atoms with Gasteiger partial charge in [-0.1, -0.05) is 46.4 Å². The van der Waals surface area contributed by atoms with E-state index in [-0.39, 0.29) is 16.5 Å². The quantitative estimate of drug-likeness (QED) is 0.490. The van der Waals surface area contributed by atoms with Crippen molar-refractivity contribution in [2.75, 3.05) is 0 Å². The van der Waals surface area contributed by atoms with Gasteiger partial charge in [-0.25, -0.2) is 0 Å². The van der Waals surface area contributed by atoms with Gasteiger partial charge in [-0.15, -0.1) is 0 Å². The maximum Gasteiger partial charge on any atom is 0 e. The fraction of sp³-hybridized carbons (Fsp3) is 1.00. The summed E-state index contributed by atoms with van der Waals surface area (Å²) in [4.78, 5) is 0. The fourth-order valence-corrected chi connectivity index (χ4v) is 9.17. The Morgan fingerprint density at radius 1 is 0.471 bits per heavy atom. The van der Waals surface area contributed by atoms with Gasteiger partial charge in [0, 0.05) is 16.5 Å². The van der Waals surface area contributed by atoms with Crippen molar-refractivity contribution in [1.82, 2.24) is 0 Å². The minimum absolute atomic E-state index is 0. The minimum atomic E-state index is 0. The molecule has 0 amide bonds. The molecule has 0 heterocycles. The Morgan fingerprint density at radius 3 is 0.941 bits per heavy atom. The molecular formula is C15H27NiP. The van der Waals surface area contributed by atoms with Crippen LogP contribution in [0.15, 0.2) is 0 Å². The van der Waals surface area contributed by atoms with Crippen molar-refractivity contribution in [2.24, 2.45) is 0 Å². The van der Waals surface area contributed by atoms with Crippen LogP contribution in [0, 0.1) is 0 Å². The van der Waals surface area contributed by atoms with Crippen LogP contribution in [-0.4, -0.2) is 17.0 Å². The van der Waals surface area contributed by atoms with Crippen LogP contribution in [0.4, 0.5) is 0 Å². The second-order valence-electron chi connectivity index (χ2n) is 6.26. The third-order valence-electron chi connectivity index (χ3n) is 5.24. The van der Waals surface area contributed by atoms with E-state index in [0.29, 0.717) is 7.92 Å². The van der Waals surface area contributed by atoms with E-state index in [2.05, 4.69) is 0 Å². The Labute approximate surface area is 118 Å². The molecule has 0 saturated heterocycles. The molecule has 0 unspecified atom stereocenters. The van der Waals surface area contributed by atoms with E-state index in [4.69, 9.17) is 0 Å². The first-order valence-corrected chi connectivity index (χ1v) is 9.27. The summed E-state index contributed by atoms with van der Waals surface area (Å²) >= 11 is 0. The second-order valence-corrected chi connectivity index (χ2v) is 9.35. The van der Waals surface area contributed by atoms with Gasteiger partial charge < -0.3 is 0 Å². The average Bonchev–Trinajstić information content (AvgIpc) is 3.02. The van der Waals surface area contributed by atoms with Crippen molar-refractivity contribution < 1.29 is 16.5 Å². The molecule has 3 aliphatic carbocycles. The minimum Gasteiger partial charge on any atom is -0.0971 e. The van der Waals surface area contributed by atoms with E-state index in [1.165, 1.54) is 17.0 Å². The summed E-state index contributed by atoms with van der Waals surface area (Å²) in [5.41, 5.74) is 3.63. The maximum absolute atomic E-state index is 1.61. The zero-order valence-electron chi connectivity index (χ0n) is 11.0. The van der Waals surface area contributed by atoms with Crippen molar-refractivity contribution in [1.29, 1.82) is 0 Å².